The van der Waals surface area contributed by atoms with Crippen LogP contribution in [0.15, 0.2) is 177 Å². The maximum Gasteiger partial charge on any atom is 0.0570 e. The minimum absolute atomic E-state index is 0.229. The second-order valence-corrected chi connectivity index (χ2v) is 15.0. The number of anilines is 7. The second kappa shape index (κ2) is 14.0. The van der Waals surface area contributed by atoms with Crippen molar-refractivity contribution in [3.8, 4) is 11.1 Å². The number of benzene rings is 7. The van der Waals surface area contributed by atoms with Gasteiger partial charge in [-0.2, -0.15) is 0 Å². The summed E-state index contributed by atoms with van der Waals surface area (Å²) in [6.07, 6.45) is 5.79. The molecule has 0 heterocycles. The molecule has 0 aliphatic heterocycles. The van der Waals surface area contributed by atoms with Crippen molar-refractivity contribution in [1.29, 1.82) is 0 Å². The first-order valence-corrected chi connectivity index (χ1v) is 18.9. The van der Waals surface area contributed by atoms with Gasteiger partial charge < -0.3 is 19.6 Å². The molecule has 4 heteroatoms. The predicted molar refractivity (Wildman–Crippen MR) is 239 cm³/mol. The molecule has 1 aliphatic rings. The van der Waals surface area contributed by atoms with Crippen LogP contribution in [0.1, 0.15) is 25.0 Å². The lowest BCUT2D eigenvalue weighted by Crippen LogP contribution is -2.19. The summed E-state index contributed by atoms with van der Waals surface area (Å²) in [6, 6.07) is 50.6. The summed E-state index contributed by atoms with van der Waals surface area (Å²) in [5.41, 5.74) is 14.0. The summed E-state index contributed by atoms with van der Waals surface area (Å²) in [7, 11) is 8.64. The van der Waals surface area contributed by atoms with Crippen molar-refractivity contribution in [2.24, 2.45) is 0 Å². The van der Waals surface area contributed by atoms with Crippen molar-refractivity contribution >= 4 is 61.4 Å². The van der Waals surface area contributed by atoms with Crippen LogP contribution in [0.25, 0.3) is 32.7 Å². The molecule has 0 N–H and O–H groups in total. The first-order valence-electron chi connectivity index (χ1n) is 18.9. The molecule has 7 aromatic carbocycles. The highest BCUT2D eigenvalue weighted by Crippen LogP contribution is 2.55. The zero-order chi connectivity index (χ0) is 38.4. The van der Waals surface area contributed by atoms with E-state index in [-0.39, 0.29) is 5.41 Å². The maximum atomic E-state index is 4.23. The van der Waals surface area contributed by atoms with E-state index in [0.717, 1.165) is 39.5 Å². The van der Waals surface area contributed by atoms with Gasteiger partial charge in [0.1, 0.15) is 0 Å². The third-order valence-corrected chi connectivity index (χ3v) is 11.6. The minimum Gasteiger partial charge on any atom is -0.345 e. The van der Waals surface area contributed by atoms with Crippen LogP contribution in [0, 0.1) is 0 Å². The topological polar surface area (TPSA) is 13.0 Å². The highest BCUT2D eigenvalue weighted by molar-refractivity contribution is 6.23. The fourth-order valence-electron chi connectivity index (χ4n) is 8.47. The molecule has 0 aromatic heterocycles. The Balaban J connectivity index is 1.45. The number of fused-ring (bicyclic) bond motifs is 5. The Labute approximate surface area is 326 Å². The molecular formula is C51H48N4. The molecule has 0 saturated carbocycles. The molecule has 0 unspecified atom stereocenters. The fourth-order valence-corrected chi connectivity index (χ4v) is 8.47. The molecule has 4 nitrogen and oxygen atoms in total. The number of para-hydroxylation sites is 3. The highest BCUT2D eigenvalue weighted by atomic mass is 15.1. The molecule has 7 aromatic rings. The van der Waals surface area contributed by atoms with E-state index in [1.807, 2.05) is 18.2 Å². The molecule has 0 radical (unpaired) electrons. The summed E-state index contributed by atoms with van der Waals surface area (Å²) >= 11 is 0. The summed E-state index contributed by atoms with van der Waals surface area (Å²) in [5.74, 6) is 0. The van der Waals surface area contributed by atoms with Crippen LogP contribution in [0.5, 0.6) is 0 Å². The van der Waals surface area contributed by atoms with E-state index in [9.17, 15) is 0 Å². The van der Waals surface area contributed by atoms with Crippen molar-refractivity contribution in [2.75, 3.05) is 47.8 Å². The van der Waals surface area contributed by atoms with Crippen molar-refractivity contribution in [2.45, 2.75) is 19.3 Å². The van der Waals surface area contributed by atoms with Crippen LogP contribution < -0.4 is 19.6 Å². The van der Waals surface area contributed by atoms with Crippen LogP contribution in [-0.4, -0.2) is 28.2 Å². The first kappa shape index (κ1) is 35.5. The summed E-state index contributed by atoms with van der Waals surface area (Å²) < 4.78 is 0. The van der Waals surface area contributed by atoms with E-state index in [0.29, 0.717) is 0 Å². The molecular weight excluding hydrogens is 669 g/mol. The average Bonchev–Trinajstić information content (AvgIpc) is 3.45. The van der Waals surface area contributed by atoms with Gasteiger partial charge in [0.15, 0.2) is 0 Å². The second-order valence-electron chi connectivity index (χ2n) is 15.0. The molecule has 0 saturated heterocycles. The standard InChI is InChI=1S/C51H48N4/c1-9-20-35(10-2)54(7)50-44-31-39(52(5)36-21-14-11-15-22-36)28-30-42(44)49(55(8)38-25-18-13-19-26-38)46-34-48-43(33-45(46)50)41-29-27-40(32-47(41)51(48,3)4)53(6)37-23-16-12-17-24-37/h9-34H,1-2H2,3-8H3/b35-20+. The lowest BCUT2D eigenvalue weighted by Gasteiger charge is -2.31. The van der Waals surface area contributed by atoms with Crippen molar-refractivity contribution in [1.82, 2.24) is 0 Å². The molecule has 55 heavy (non-hydrogen) atoms. The summed E-state index contributed by atoms with van der Waals surface area (Å²) in [5, 5.41) is 4.71. The Morgan fingerprint density at radius 2 is 0.964 bits per heavy atom. The van der Waals surface area contributed by atoms with Crippen molar-refractivity contribution < 1.29 is 0 Å². The summed E-state index contributed by atoms with van der Waals surface area (Å²) in [6.45, 7) is 13.0. The van der Waals surface area contributed by atoms with Crippen molar-refractivity contribution in [3.05, 3.63) is 188 Å². The van der Waals surface area contributed by atoms with Gasteiger partial charge in [0.2, 0.25) is 0 Å². The predicted octanol–water partition coefficient (Wildman–Crippen LogP) is 13.3. The van der Waals surface area contributed by atoms with Crippen LogP contribution >= 0.6 is 0 Å². The highest BCUT2D eigenvalue weighted by Gasteiger charge is 2.37. The molecule has 272 valence electrons. The third kappa shape index (κ3) is 5.95. The number of rotatable bonds is 10. The van der Waals surface area contributed by atoms with Gasteiger partial charge in [0.05, 0.1) is 11.4 Å². The number of allylic oxidation sites excluding steroid dienone is 3. The number of likely N-dealkylation sites (N-methyl/N-ethyl adjacent to an activating group) is 1. The average molecular weight is 717 g/mol. The molecule has 0 bridgehead atoms. The largest absolute Gasteiger partial charge is 0.345 e. The van der Waals surface area contributed by atoms with Gasteiger partial charge >= 0.3 is 0 Å². The Morgan fingerprint density at radius 1 is 0.473 bits per heavy atom. The molecule has 0 amide bonds. The Bertz CT molecular complexity index is 2600. The van der Waals surface area contributed by atoms with Gasteiger partial charge in [0, 0.05) is 89.3 Å². The molecule has 1 aliphatic carbocycles. The van der Waals surface area contributed by atoms with Gasteiger partial charge in [-0.15, -0.1) is 0 Å². The smallest absolute Gasteiger partial charge is 0.0570 e. The SMILES string of the molecule is C=C/C=C(\C=C)N(C)c1c2cc(N(C)c3ccccc3)ccc2c(N(C)c2ccccc2)c2cc3c(cc12)-c1ccc(N(C)c2ccccc2)cc1C3(C)C. The quantitative estimate of drug-likeness (QED) is 0.0794. The monoisotopic (exact) mass is 716 g/mol. The normalized spacial score (nSPS) is 12.9. The lowest BCUT2D eigenvalue weighted by atomic mass is 9.81. The van der Waals surface area contributed by atoms with Gasteiger partial charge in [-0.3, -0.25) is 0 Å². The lowest BCUT2D eigenvalue weighted by molar-refractivity contribution is 0.661. The Kier molecular flexibility index (Phi) is 9.06. The summed E-state index contributed by atoms with van der Waals surface area (Å²) in [4.78, 5) is 9.17. The number of hydrogen-bond donors (Lipinski definition) is 0. The van der Waals surface area contributed by atoms with Crippen LogP contribution in [-0.2, 0) is 5.41 Å². The van der Waals surface area contributed by atoms with E-state index >= 15 is 0 Å². The number of nitrogens with zero attached hydrogens (tertiary/aromatic N) is 4. The van der Waals surface area contributed by atoms with Gasteiger partial charge in [-0.25, -0.2) is 0 Å². The van der Waals surface area contributed by atoms with E-state index in [2.05, 4.69) is 214 Å². The van der Waals surface area contributed by atoms with E-state index in [1.54, 1.807) is 0 Å². The molecule has 0 fully saturated rings. The van der Waals surface area contributed by atoms with E-state index in [4.69, 9.17) is 0 Å². The Hall–Kier alpha value is -6.52. The van der Waals surface area contributed by atoms with Crippen molar-refractivity contribution in [3.63, 3.8) is 0 Å². The van der Waals surface area contributed by atoms with Gasteiger partial charge in [-0.1, -0.05) is 99.8 Å². The van der Waals surface area contributed by atoms with E-state index < -0.39 is 0 Å². The maximum absolute atomic E-state index is 4.23. The molecule has 8 rings (SSSR count). The third-order valence-electron chi connectivity index (χ3n) is 11.6. The fraction of sp³-hybridized carbons (Fsp3) is 0.137. The zero-order valence-corrected chi connectivity index (χ0v) is 32.7. The van der Waals surface area contributed by atoms with Crippen LogP contribution in [0.2, 0.25) is 0 Å². The van der Waals surface area contributed by atoms with Crippen LogP contribution in [0.3, 0.4) is 0 Å². The molecule has 0 atom stereocenters. The van der Waals surface area contributed by atoms with Gasteiger partial charge in [0.25, 0.3) is 0 Å². The zero-order valence-electron chi connectivity index (χ0n) is 32.7. The van der Waals surface area contributed by atoms with E-state index in [1.165, 1.54) is 49.8 Å². The van der Waals surface area contributed by atoms with Gasteiger partial charge in [-0.05, 0) is 107 Å². The van der Waals surface area contributed by atoms with Crippen LogP contribution in [0.4, 0.5) is 39.8 Å². The Morgan fingerprint density at radius 3 is 1.53 bits per heavy atom. The molecule has 0 spiro atoms. The first-order chi connectivity index (χ1) is 26.6. The number of hydrogen-bond acceptors (Lipinski definition) is 4. The minimum atomic E-state index is -0.229.